The highest BCUT2D eigenvalue weighted by molar-refractivity contribution is 7.67. The molecule has 1 N–H and O–H groups in total. The molecule has 1 aliphatic rings. The van der Waals surface area contributed by atoms with Gasteiger partial charge in [-0.2, -0.15) is 0 Å². The van der Waals surface area contributed by atoms with Gasteiger partial charge in [0, 0.05) is 5.30 Å². The normalized spacial score (nSPS) is 24.8. The van der Waals surface area contributed by atoms with Gasteiger partial charge in [-0.05, 0) is 28.8 Å². The fraction of sp³-hybridized carbons (Fsp3) is 0.250. The van der Waals surface area contributed by atoms with E-state index in [1.807, 2.05) is 97.1 Å². The summed E-state index contributed by atoms with van der Waals surface area (Å²) in [6, 6.07) is 38.1. The van der Waals surface area contributed by atoms with E-state index in [9.17, 15) is 9.67 Å². The summed E-state index contributed by atoms with van der Waals surface area (Å²) in [5.74, 6) is -1.42. The molecule has 1 aliphatic heterocycles. The molecule has 0 spiro atoms. The zero-order chi connectivity index (χ0) is 26.9. The molecule has 0 unspecified atom stereocenters. The van der Waals surface area contributed by atoms with Crippen molar-refractivity contribution in [3.63, 3.8) is 0 Å². The van der Waals surface area contributed by atoms with E-state index in [4.69, 9.17) is 18.7 Å². The van der Waals surface area contributed by atoms with Crippen LogP contribution in [-0.4, -0.2) is 35.9 Å². The summed E-state index contributed by atoms with van der Waals surface area (Å²) in [7, 11) is -3.76. The van der Waals surface area contributed by atoms with E-state index in [1.165, 1.54) is 0 Å². The maximum atomic E-state index is 14.4. The zero-order valence-electron chi connectivity index (χ0n) is 21.6. The Labute approximate surface area is 229 Å². The SMILES string of the molecule is O=[P@@]1(c2ccccc2)O[C@H](COCc2ccccc2)[C@@H](OCc2ccccc2)[C@H](OCc2ccccc2)[C@@H]1O. The van der Waals surface area contributed by atoms with Crippen LogP contribution in [0.5, 0.6) is 0 Å². The standard InChI is InChI=1S/C32H33O6P/c33-32-31(37-23-27-17-9-3-10-18-27)30(36-22-26-15-7-2-8-16-26)29(24-35-21-25-13-5-1-6-14-25)38-39(32,34)28-19-11-4-12-20-28/h1-20,29-33H,21-24H2/t29-,30-,31+,32-,39+/m1/s1. The summed E-state index contributed by atoms with van der Waals surface area (Å²) in [5, 5.41) is 12.0. The van der Waals surface area contributed by atoms with Crippen LogP contribution in [-0.2, 0) is 43.1 Å². The van der Waals surface area contributed by atoms with Crippen molar-refractivity contribution in [1.29, 1.82) is 0 Å². The van der Waals surface area contributed by atoms with Crippen molar-refractivity contribution in [2.75, 3.05) is 6.61 Å². The van der Waals surface area contributed by atoms with Gasteiger partial charge in [0.2, 0.25) is 0 Å². The van der Waals surface area contributed by atoms with Crippen LogP contribution in [0.25, 0.3) is 0 Å². The van der Waals surface area contributed by atoms with Gasteiger partial charge in [-0.3, -0.25) is 4.57 Å². The van der Waals surface area contributed by atoms with Crippen molar-refractivity contribution in [3.8, 4) is 0 Å². The second kappa shape index (κ2) is 13.3. The second-order valence-corrected chi connectivity index (χ2v) is 12.0. The third kappa shape index (κ3) is 6.92. The van der Waals surface area contributed by atoms with Crippen LogP contribution < -0.4 is 5.30 Å². The largest absolute Gasteiger partial charge is 0.380 e. The summed E-state index contributed by atoms with van der Waals surface area (Å²) >= 11 is 0. The maximum Gasteiger partial charge on any atom is 0.262 e. The number of hydrogen-bond acceptors (Lipinski definition) is 6. The first-order valence-electron chi connectivity index (χ1n) is 13.1. The molecule has 4 aromatic rings. The highest BCUT2D eigenvalue weighted by atomic mass is 31.2. The Morgan fingerprint density at radius 1 is 0.615 bits per heavy atom. The molecular weight excluding hydrogens is 511 g/mol. The lowest BCUT2D eigenvalue weighted by Crippen LogP contribution is -2.55. The Balaban J connectivity index is 1.43. The maximum absolute atomic E-state index is 14.4. The Kier molecular flexibility index (Phi) is 9.38. The van der Waals surface area contributed by atoms with Crippen molar-refractivity contribution in [1.82, 2.24) is 0 Å². The molecule has 1 saturated heterocycles. The molecule has 0 saturated carbocycles. The Morgan fingerprint density at radius 3 is 1.56 bits per heavy atom. The van der Waals surface area contributed by atoms with Gasteiger partial charge < -0.3 is 23.8 Å². The average molecular weight is 545 g/mol. The van der Waals surface area contributed by atoms with Crippen LogP contribution in [0.15, 0.2) is 121 Å². The number of hydrogen-bond donors (Lipinski definition) is 1. The van der Waals surface area contributed by atoms with Crippen LogP contribution in [0, 0.1) is 0 Å². The lowest BCUT2D eigenvalue weighted by molar-refractivity contribution is -0.174. The lowest BCUT2D eigenvalue weighted by atomic mass is 10.1. The summed E-state index contributed by atoms with van der Waals surface area (Å²) in [5.41, 5.74) is 2.91. The average Bonchev–Trinajstić information content (AvgIpc) is 2.99. The van der Waals surface area contributed by atoms with Gasteiger partial charge in [0.15, 0.2) is 5.85 Å². The van der Waals surface area contributed by atoms with E-state index < -0.39 is 31.5 Å². The molecule has 1 fully saturated rings. The first-order valence-corrected chi connectivity index (χ1v) is 14.8. The predicted octanol–water partition coefficient (Wildman–Crippen LogP) is 5.69. The highest BCUT2D eigenvalue weighted by Gasteiger charge is 2.54. The Morgan fingerprint density at radius 2 is 1.05 bits per heavy atom. The van der Waals surface area contributed by atoms with Crippen molar-refractivity contribution >= 4 is 12.7 Å². The van der Waals surface area contributed by atoms with Crippen molar-refractivity contribution in [2.45, 2.75) is 44.0 Å². The first kappa shape index (κ1) is 27.5. The van der Waals surface area contributed by atoms with Gasteiger partial charge in [0.25, 0.3) is 7.37 Å². The predicted molar refractivity (Wildman–Crippen MR) is 151 cm³/mol. The number of aliphatic hydroxyl groups excluding tert-OH is 1. The minimum Gasteiger partial charge on any atom is -0.380 e. The van der Waals surface area contributed by atoms with Crippen LogP contribution in [0.2, 0.25) is 0 Å². The summed E-state index contributed by atoms with van der Waals surface area (Å²) in [6.45, 7) is 0.973. The quantitative estimate of drug-likeness (QED) is 0.245. The molecule has 0 amide bonds. The van der Waals surface area contributed by atoms with Gasteiger partial charge in [-0.25, -0.2) is 0 Å². The third-order valence-electron chi connectivity index (χ3n) is 6.70. The van der Waals surface area contributed by atoms with Crippen LogP contribution in [0.3, 0.4) is 0 Å². The molecule has 0 radical (unpaired) electrons. The minimum atomic E-state index is -3.76. The van der Waals surface area contributed by atoms with E-state index in [2.05, 4.69) is 0 Å². The van der Waals surface area contributed by atoms with Gasteiger partial charge in [-0.15, -0.1) is 0 Å². The van der Waals surface area contributed by atoms with E-state index in [-0.39, 0.29) is 19.8 Å². The van der Waals surface area contributed by atoms with Crippen molar-refractivity contribution < 1.29 is 28.4 Å². The third-order valence-corrected chi connectivity index (χ3v) is 9.30. The number of benzene rings is 4. The molecule has 1 heterocycles. The molecule has 0 aliphatic carbocycles. The van der Waals surface area contributed by atoms with E-state index in [0.717, 1.165) is 16.7 Å². The first-order chi connectivity index (χ1) is 19.1. The highest BCUT2D eigenvalue weighted by Crippen LogP contribution is 2.57. The molecular formula is C32H33O6P. The van der Waals surface area contributed by atoms with Crippen LogP contribution >= 0.6 is 7.37 Å². The summed E-state index contributed by atoms with van der Waals surface area (Å²) in [6.07, 6.45) is -2.39. The molecule has 39 heavy (non-hydrogen) atoms. The van der Waals surface area contributed by atoms with E-state index >= 15 is 0 Å². The van der Waals surface area contributed by atoms with Gasteiger partial charge in [0.1, 0.15) is 18.3 Å². The second-order valence-electron chi connectivity index (χ2n) is 9.51. The lowest BCUT2D eigenvalue weighted by Gasteiger charge is -2.44. The fourth-order valence-electron chi connectivity index (χ4n) is 4.66. The van der Waals surface area contributed by atoms with Crippen LogP contribution in [0.4, 0.5) is 0 Å². The smallest absolute Gasteiger partial charge is 0.262 e. The van der Waals surface area contributed by atoms with Crippen molar-refractivity contribution in [2.24, 2.45) is 0 Å². The topological polar surface area (TPSA) is 74.2 Å². The zero-order valence-corrected chi connectivity index (χ0v) is 22.5. The molecule has 0 aromatic heterocycles. The van der Waals surface area contributed by atoms with E-state index in [0.29, 0.717) is 11.9 Å². The van der Waals surface area contributed by atoms with Crippen LogP contribution in [0.1, 0.15) is 16.7 Å². The van der Waals surface area contributed by atoms with Gasteiger partial charge in [0.05, 0.1) is 26.4 Å². The van der Waals surface area contributed by atoms with Gasteiger partial charge >= 0.3 is 0 Å². The van der Waals surface area contributed by atoms with Crippen molar-refractivity contribution in [3.05, 3.63) is 138 Å². The summed E-state index contributed by atoms with van der Waals surface area (Å²) in [4.78, 5) is 0. The van der Waals surface area contributed by atoms with E-state index in [1.54, 1.807) is 24.3 Å². The molecule has 7 heteroatoms. The summed E-state index contributed by atoms with van der Waals surface area (Å²) < 4.78 is 39.4. The molecule has 202 valence electrons. The molecule has 6 nitrogen and oxygen atoms in total. The Hall–Kier alpha value is -3.09. The minimum absolute atomic E-state index is 0.114. The monoisotopic (exact) mass is 544 g/mol. The van der Waals surface area contributed by atoms with Gasteiger partial charge in [-0.1, -0.05) is 109 Å². The number of ether oxygens (including phenoxy) is 3. The number of rotatable bonds is 11. The molecule has 5 rings (SSSR count). The molecule has 0 bridgehead atoms. The molecule has 5 atom stereocenters. The fourth-order valence-corrected chi connectivity index (χ4v) is 7.02. The number of aliphatic hydroxyl groups is 1. The Bertz CT molecular complexity index is 1320. The molecule has 4 aromatic carbocycles.